The number of nitrogens with zero attached hydrogens (tertiary/aromatic N) is 2. The minimum absolute atomic E-state index is 0.440. The predicted molar refractivity (Wildman–Crippen MR) is 97.8 cm³/mol. The van der Waals surface area contributed by atoms with Gasteiger partial charge in [-0.1, -0.05) is 36.8 Å². The first-order valence-electron chi connectivity index (χ1n) is 8.28. The molecule has 0 aliphatic heterocycles. The standard InChI is InChI=1S/C19H28N4/c1-5-20-19(22-13-17-9-10-23(4)14-17)21-12-16(3)18-8-6-7-15(2)11-18/h6-11,14,16H,5,12-13H2,1-4H3,(H2,20,21,22). The molecule has 4 heteroatoms. The molecule has 0 spiro atoms. The van der Waals surface area contributed by atoms with Crippen LogP contribution in [-0.4, -0.2) is 23.6 Å². The van der Waals surface area contributed by atoms with Crippen molar-refractivity contribution >= 4 is 5.96 Å². The van der Waals surface area contributed by atoms with E-state index in [-0.39, 0.29) is 0 Å². The number of hydrogen-bond donors (Lipinski definition) is 2. The lowest BCUT2D eigenvalue weighted by Gasteiger charge is -2.16. The van der Waals surface area contributed by atoms with E-state index < -0.39 is 0 Å². The van der Waals surface area contributed by atoms with Gasteiger partial charge >= 0.3 is 0 Å². The van der Waals surface area contributed by atoms with E-state index in [9.17, 15) is 0 Å². The highest BCUT2D eigenvalue weighted by Crippen LogP contribution is 2.15. The van der Waals surface area contributed by atoms with Gasteiger partial charge in [-0.15, -0.1) is 0 Å². The van der Waals surface area contributed by atoms with Crippen LogP contribution in [0, 0.1) is 6.92 Å². The normalized spacial score (nSPS) is 13.0. The van der Waals surface area contributed by atoms with Gasteiger partial charge in [-0.2, -0.15) is 0 Å². The molecule has 0 aliphatic rings. The summed E-state index contributed by atoms with van der Waals surface area (Å²) in [7, 11) is 2.03. The van der Waals surface area contributed by atoms with Crippen LogP contribution in [0.1, 0.15) is 36.5 Å². The van der Waals surface area contributed by atoms with Crippen LogP contribution < -0.4 is 10.6 Å². The molecule has 0 saturated carbocycles. The van der Waals surface area contributed by atoms with Crippen molar-refractivity contribution in [3.8, 4) is 0 Å². The zero-order chi connectivity index (χ0) is 16.7. The Kier molecular flexibility index (Phi) is 6.27. The quantitative estimate of drug-likeness (QED) is 0.635. The van der Waals surface area contributed by atoms with Crippen molar-refractivity contribution in [2.24, 2.45) is 12.0 Å². The minimum Gasteiger partial charge on any atom is -0.357 e. The van der Waals surface area contributed by atoms with Crippen LogP contribution >= 0.6 is 0 Å². The van der Waals surface area contributed by atoms with Gasteiger partial charge in [0.05, 0.1) is 6.54 Å². The molecule has 2 aromatic rings. The van der Waals surface area contributed by atoms with Crippen LogP contribution in [0.2, 0.25) is 0 Å². The summed E-state index contributed by atoms with van der Waals surface area (Å²) in [6, 6.07) is 10.8. The monoisotopic (exact) mass is 312 g/mol. The lowest BCUT2D eigenvalue weighted by molar-refractivity contribution is 0.699. The van der Waals surface area contributed by atoms with Crippen molar-refractivity contribution in [2.45, 2.75) is 33.2 Å². The van der Waals surface area contributed by atoms with Crippen molar-refractivity contribution in [3.63, 3.8) is 0 Å². The van der Waals surface area contributed by atoms with Crippen LogP contribution in [0.5, 0.6) is 0 Å². The maximum absolute atomic E-state index is 4.66. The van der Waals surface area contributed by atoms with Gasteiger partial charge in [-0.05, 0) is 37.0 Å². The van der Waals surface area contributed by atoms with E-state index >= 15 is 0 Å². The van der Waals surface area contributed by atoms with Crippen molar-refractivity contribution in [3.05, 3.63) is 59.4 Å². The summed E-state index contributed by atoms with van der Waals surface area (Å²) < 4.78 is 2.05. The summed E-state index contributed by atoms with van der Waals surface area (Å²) in [4.78, 5) is 4.66. The molecule has 1 aromatic heterocycles. The zero-order valence-corrected chi connectivity index (χ0v) is 14.6. The maximum Gasteiger partial charge on any atom is 0.191 e. The number of benzene rings is 1. The Labute approximate surface area is 139 Å². The van der Waals surface area contributed by atoms with Crippen LogP contribution in [0.25, 0.3) is 0 Å². The molecule has 23 heavy (non-hydrogen) atoms. The fraction of sp³-hybridized carbons (Fsp3) is 0.421. The molecule has 0 amide bonds. The Morgan fingerprint density at radius 3 is 2.74 bits per heavy atom. The summed E-state index contributed by atoms with van der Waals surface area (Å²) in [6.45, 7) is 8.87. The van der Waals surface area contributed by atoms with Gasteiger partial charge in [-0.3, -0.25) is 0 Å². The lowest BCUT2D eigenvalue weighted by atomic mass is 9.99. The average Bonchev–Trinajstić information content (AvgIpc) is 2.95. The molecule has 124 valence electrons. The fourth-order valence-electron chi connectivity index (χ4n) is 2.51. The first-order chi connectivity index (χ1) is 11.1. The van der Waals surface area contributed by atoms with Gasteiger partial charge in [0.2, 0.25) is 0 Å². The van der Waals surface area contributed by atoms with E-state index in [0.29, 0.717) is 12.5 Å². The number of aromatic nitrogens is 1. The number of guanidine groups is 1. The van der Waals surface area contributed by atoms with Gasteiger partial charge in [0.25, 0.3) is 0 Å². The van der Waals surface area contributed by atoms with E-state index in [1.807, 2.05) is 17.8 Å². The molecule has 4 nitrogen and oxygen atoms in total. The lowest BCUT2D eigenvalue weighted by Crippen LogP contribution is -2.39. The number of aliphatic imine (C=N–C) groups is 1. The second-order valence-corrected chi connectivity index (χ2v) is 6.08. The molecule has 2 rings (SSSR count). The first-order valence-corrected chi connectivity index (χ1v) is 8.28. The van der Waals surface area contributed by atoms with Gasteiger partial charge in [0, 0.05) is 32.5 Å². The number of aryl methyl sites for hydroxylation is 2. The number of hydrogen-bond acceptors (Lipinski definition) is 1. The maximum atomic E-state index is 4.66. The predicted octanol–water partition coefficient (Wildman–Crippen LogP) is 3.19. The summed E-state index contributed by atoms with van der Waals surface area (Å²) in [5.74, 6) is 1.31. The highest BCUT2D eigenvalue weighted by molar-refractivity contribution is 5.79. The molecule has 0 bridgehead atoms. The molecule has 0 fully saturated rings. The fourth-order valence-corrected chi connectivity index (χ4v) is 2.51. The topological polar surface area (TPSA) is 41.4 Å². The third-order valence-electron chi connectivity index (χ3n) is 3.84. The van der Waals surface area contributed by atoms with Crippen molar-refractivity contribution in [2.75, 3.05) is 13.1 Å². The van der Waals surface area contributed by atoms with E-state index in [1.165, 1.54) is 16.7 Å². The summed E-state index contributed by atoms with van der Waals surface area (Å²) in [6.07, 6.45) is 4.15. The smallest absolute Gasteiger partial charge is 0.191 e. The molecule has 0 aliphatic carbocycles. The molecule has 1 atom stereocenters. The third kappa shape index (κ3) is 5.47. The molecule has 0 saturated heterocycles. The molecule has 1 aromatic carbocycles. The van der Waals surface area contributed by atoms with Crippen molar-refractivity contribution < 1.29 is 0 Å². The Balaban J connectivity index is 1.93. The Morgan fingerprint density at radius 1 is 1.26 bits per heavy atom. The molecule has 2 N–H and O–H groups in total. The molecule has 1 unspecified atom stereocenters. The largest absolute Gasteiger partial charge is 0.357 e. The zero-order valence-electron chi connectivity index (χ0n) is 14.6. The molecular weight excluding hydrogens is 284 g/mol. The van der Waals surface area contributed by atoms with Gasteiger partial charge in [-0.25, -0.2) is 4.99 Å². The van der Waals surface area contributed by atoms with Gasteiger partial charge in [0.15, 0.2) is 5.96 Å². The number of rotatable bonds is 6. The highest BCUT2D eigenvalue weighted by atomic mass is 15.2. The van der Waals surface area contributed by atoms with Crippen LogP contribution in [0.3, 0.4) is 0 Å². The van der Waals surface area contributed by atoms with E-state index in [1.54, 1.807) is 0 Å². The SMILES string of the molecule is CCNC(=NCc1ccn(C)c1)NCC(C)c1cccc(C)c1. The van der Waals surface area contributed by atoms with Crippen LogP contribution in [-0.2, 0) is 13.6 Å². The van der Waals surface area contributed by atoms with E-state index in [0.717, 1.165) is 19.0 Å². The van der Waals surface area contributed by atoms with E-state index in [4.69, 9.17) is 0 Å². The number of nitrogens with one attached hydrogen (secondary N) is 2. The Bertz CT molecular complexity index is 642. The van der Waals surface area contributed by atoms with Crippen molar-refractivity contribution in [1.29, 1.82) is 0 Å². The second-order valence-electron chi connectivity index (χ2n) is 6.08. The average molecular weight is 312 g/mol. The van der Waals surface area contributed by atoms with Crippen LogP contribution in [0.15, 0.2) is 47.7 Å². The van der Waals surface area contributed by atoms with E-state index in [2.05, 4.69) is 72.9 Å². The summed E-state index contributed by atoms with van der Waals surface area (Å²) in [5.41, 5.74) is 3.88. The Morgan fingerprint density at radius 2 is 2.09 bits per heavy atom. The highest BCUT2D eigenvalue weighted by Gasteiger charge is 2.07. The molecule has 0 radical (unpaired) electrons. The Hall–Kier alpha value is -2.23. The van der Waals surface area contributed by atoms with Gasteiger partial charge in [0.1, 0.15) is 0 Å². The van der Waals surface area contributed by atoms with Crippen molar-refractivity contribution in [1.82, 2.24) is 15.2 Å². The molecular formula is C19H28N4. The second kappa shape index (κ2) is 8.42. The summed E-state index contributed by atoms with van der Waals surface area (Å²) in [5, 5.41) is 6.76. The summed E-state index contributed by atoms with van der Waals surface area (Å²) >= 11 is 0. The minimum atomic E-state index is 0.440. The first kappa shape index (κ1) is 17.1. The molecule has 1 heterocycles. The van der Waals surface area contributed by atoms with Gasteiger partial charge < -0.3 is 15.2 Å². The third-order valence-corrected chi connectivity index (χ3v) is 3.84. The van der Waals surface area contributed by atoms with Crippen LogP contribution in [0.4, 0.5) is 0 Å².